The van der Waals surface area contributed by atoms with Crippen LogP contribution in [0.3, 0.4) is 0 Å². The summed E-state index contributed by atoms with van der Waals surface area (Å²) < 4.78 is 40.6. The maximum absolute atomic E-state index is 12.1. The van der Waals surface area contributed by atoms with Crippen LogP contribution in [-0.2, 0) is 4.74 Å². The number of hydrogen-bond donors (Lipinski definition) is 0. The molecule has 0 aliphatic carbocycles. The van der Waals surface area contributed by atoms with Gasteiger partial charge in [0.1, 0.15) is 12.7 Å². The summed E-state index contributed by atoms with van der Waals surface area (Å²) in [4.78, 5) is 6.55. The van der Waals surface area contributed by atoms with Gasteiger partial charge in [0.05, 0.1) is 0 Å². The highest BCUT2D eigenvalue weighted by molar-refractivity contribution is 5.73. The number of nitrogens with zero attached hydrogens (tertiary/aromatic N) is 3. The van der Waals surface area contributed by atoms with Crippen molar-refractivity contribution in [3.63, 3.8) is 0 Å². The summed E-state index contributed by atoms with van der Waals surface area (Å²) in [6.45, 7) is 0. The number of halogens is 3. The number of aliphatic imine (C=N–C) groups is 2. The molecule has 1 unspecified atom stereocenters. The molecule has 4 nitrogen and oxygen atoms in total. The molecule has 0 aromatic heterocycles. The Hall–Kier alpha value is -1.11. The van der Waals surface area contributed by atoms with E-state index < -0.39 is 12.7 Å². The molecule has 0 saturated carbocycles. The monoisotopic (exact) mass is 181 g/mol. The highest BCUT2D eigenvalue weighted by Gasteiger charge is 2.41. The van der Waals surface area contributed by atoms with E-state index >= 15 is 0 Å². The molecule has 68 valence electrons. The van der Waals surface area contributed by atoms with Crippen molar-refractivity contribution in [1.29, 1.82) is 0 Å². The summed E-state index contributed by atoms with van der Waals surface area (Å²) in [5, 5.41) is 0. The molecule has 0 bridgehead atoms. The fourth-order valence-corrected chi connectivity index (χ4v) is 0.691. The number of alkyl halides is 3. The SMILES string of the molecule is COC1N=CN=CN1C(F)(F)F. The number of methoxy groups -OCH3 is 1. The van der Waals surface area contributed by atoms with Crippen molar-refractivity contribution < 1.29 is 17.9 Å². The van der Waals surface area contributed by atoms with E-state index in [1.807, 2.05) is 0 Å². The number of ether oxygens (including phenoxy) is 1. The standard InChI is InChI=1S/C5H6F3N3O/c1-12-4-10-2-9-3-11(4)5(6,7)8/h2-4H,1H3. The molecule has 1 aliphatic rings. The van der Waals surface area contributed by atoms with E-state index in [0.29, 0.717) is 6.34 Å². The lowest BCUT2D eigenvalue weighted by Gasteiger charge is -2.28. The first kappa shape index (κ1) is 8.98. The molecule has 7 heteroatoms. The molecular formula is C5H6F3N3O. The van der Waals surface area contributed by atoms with E-state index in [0.717, 1.165) is 13.4 Å². The predicted octanol–water partition coefficient (Wildman–Crippen LogP) is 0.808. The Labute approximate surface area is 66.4 Å². The molecule has 0 amide bonds. The molecule has 0 N–H and O–H groups in total. The van der Waals surface area contributed by atoms with Crippen LogP contribution in [0, 0.1) is 0 Å². The van der Waals surface area contributed by atoms with Crippen molar-refractivity contribution in [3.8, 4) is 0 Å². The average Bonchev–Trinajstić information content (AvgIpc) is 2.03. The maximum atomic E-state index is 12.1. The van der Waals surface area contributed by atoms with Crippen LogP contribution in [0.1, 0.15) is 0 Å². The molecule has 1 rings (SSSR count). The van der Waals surface area contributed by atoms with E-state index in [1.54, 1.807) is 0 Å². The molecule has 1 atom stereocenters. The van der Waals surface area contributed by atoms with E-state index in [-0.39, 0.29) is 4.90 Å². The van der Waals surface area contributed by atoms with Crippen LogP contribution in [0.4, 0.5) is 13.2 Å². The smallest absolute Gasteiger partial charge is 0.342 e. The third-order valence-electron chi connectivity index (χ3n) is 1.19. The lowest BCUT2D eigenvalue weighted by molar-refractivity contribution is -0.254. The second-order valence-corrected chi connectivity index (χ2v) is 1.97. The van der Waals surface area contributed by atoms with Crippen LogP contribution in [0.25, 0.3) is 0 Å². The first-order chi connectivity index (χ1) is 5.55. The molecule has 0 saturated heterocycles. The average molecular weight is 181 g/mol. The van der Waals surface area contributed by atoms with Crippen molar-refractivity contribution >= 4 is 12.7 Å². The molecule has 0 spiro atoms. The van der Waals surface area contributed by atoms with Gasteiger partial charge >= 0.3 is 6.30 Å². The van der Waals surface area contributed by atoms with Gasteiger partial charge in [-0.15, -0.1) is 13.2 Å². The predicted molar refractivity (Wildman–Crippen MR) is 35.7 cm³/mol. The van der Waals surface area contributed by atoms with Gasteiger partial charge in [-0.25, -0.2) is 14.9 Å². The van der Waals surface area contributed by atoms with Gasteiger partial charge < -0.3 is 4.74 Å². The molecular weight excluding hydrogens is 175 g/mol. The van der Waals surface area contributed by atoms with Crippen LogP contribution >= 0.6 is 0 Å². The zero-order valence-electron chi connectivity index (χ0n) is 6.12. The fraction of sp³-hybridized carbons (Fsp3) is 0.600. The first-order valence-electron chi connectivity index (χ1n) is 2.98. The Bertz CT molecular complexity index is 212. The molecule has 0 aromatic carbocycles. The Morgan fingerprint density at radius 2 is 2.17 bits per heavy atom. The van der Waals surface area contributed by atoms with Gasteiger partial charge in [0.15, 0.2) is 0 Å². The topological polar surface area (TPSA) is 37.2 Å². The zero-order chi connectivity index (χ0) is 9.19. The van der Waals surface area contributed by atoms with Gasteiger partial charge in [0.25, 0.3) is 0 Å². The Balaban J connectivity index is 2.76. The maximum Gasteiger partial charge on any atom is 0.489 e. The summed E-state index contributed by atoms with van der Waals surface area (Å²) in [6.07, 6.45) is -4.23. The highest BCUT2D eigenvalue weighted by atomic mass is 19.4. The summed E-state index contributed by atoms with van der Waals surface area (Å²) in [7, 11) is 1.14. The van der Waals surface area contributed by atoms with Crippen LogP contribution < -0.4 is 0 Å². The van der Waals surface area contributed by atoms with E-state index in [9.17, 15) is 13.2 Å². The van der Waals surface area contributed by atoms with E-state index in [4.69, 9.17) is 0 Å². The number of hydrogen-bond acceptors (Lipinski definition) is 4. The van der Waals surface area contributed by atoms with Crippen LogP contribution in [0.15, 0.2) is 9.98 Å². The molecule has 1 aliphatic heterocycles. The lowest BCUT2D eigenvalue weighted by Crippen LogP contribution is -2.46. The van der Waals surface area contributed by atoms with Crippen molar-refractivity contribution in [3.05, 3.63) is 0 Å². The van der Waals surface area contributed by atoms with Crippen molar-refractivity contribution in [2.45, 2.75) is 12.7 Å². The lowest BCUT2D eigenvalue weighted by atomic mass is 10.7. The fourth-order valence-electron chi connectivity index (χ4n) is 0.691. The van der Waals surface area contributed by atoms with E-state index in [2.05, 4.69) is 14.7 Å². The minimum absolute atomic E-state index is 0.0347. The zero-order valence-corrected chi connectivity index (χ0v) is 6.12. The highest BCUT2D eigenvalue weighted by Crippen LogP contribution is 2.23. The summed E-state index contributed by atoms with van der Waals surface area (Å²) >= 11 is 0. The van der Waals surface area contributed by atoms with Crippen LogP contribution in [0.5, 0.6) is 0 Å². The van der Waals surface area contributed by atoms with Crippen molar-refractivity contribution in [1.82, 2.24) is 4.90 Å². The molecule has 0 radical (unpaired) electrons. The van der Waals surface area contributed by atoms with Crippen molar-refractivity contribution in [2.75, 3.05) is 7.11 Å². The Morgan fingerprint density at radius 3 is 2.58 bits per heavy atom. The van der Waals surface area contributed by atoms with E-state index in [1.165, 1.54) is 0 Å². The Morgan fingerprint density at radius 1 is 1.50 bits per heavy atom. The number of rotatable bonds is 1. The quantitative estimate of drug-likeness (QED) is 0.561. The minimum Gasteiger partial charge on any atom is -0.342 e. The van der Waals surface area contributed by atoms with Gasteiger partial charge in [0.2, 0.25) is 6.35 Å². The minimum atomic E-state index is -4.51. The summed E-state index contributed by atoms with van der Waals surface area (Å²) in [6, 6.07) is 0. The van der Waals surface area contributed by atoms with Gasteiger partial charge in [-0.3, -0.25) is 0 Å². The third-order valence-corrected chi connectivity index (χ3v) is 1.19. The van der Waals surface area contributed by atoms with Gasteiger partial charge in [-0.2, -0.15) is 0 Å². The van der Waals surface area contributed by atoms with Crippen molar-refractivity contribution in [2.24, 2.45) is 9.98 Å². The van der Waals surface area contributed by atoms with Gasteiger partial charge in [0, 0.05) is 7.11 Å². The van der Waals surface area contributed by atoms with Crippen LogP contribution in [0.2, 0.25) is 0 Å². The van der Waals surface area contributed by atoms with Gasteiger partial charge in [-0.1, -0.05) is 0 Å². The largest absolute Gasteiger partial charge is 0.489 e. The second kappa shape index (κ2) is 3.10. The summed E-state index contributed by atoms with van der Waals surface area (Å²) in [5.74, 6) is 0. The molecule has 12 heavy (non-hydrogen) atoms. The molecule has 1 heterocycles. The molecule has 0 fully saturated rings. The summed E-state index contributed by atoms with van der Waals surface area (Å²) in [5.41, 5.74) is 0. The second-order valence-electron chi connectivity index (χ2n) is 1.97. The first-order valence-corrected chi connectivity index (χ1v) is 2.98. The normalized spacial score (nSPS) is 23.3. The Kier molecular flexibility index (Phi) is 2.32. The third kappa shape index (κ3) is 1.73. The van der Waals surface area contributed by atoms with Crippen LogP contribution in [-0.4, -0.2) is 37.3 Å². The van der Waals surface area contributed by atoms with Gasteiger partial charge in [-0.05, 0) is 0 Å². The molecule has 0 aromatic rings.